The van der Waals surface area contributed by atoms with Crippen molar-refractivity contribution in [3.63, 3.8) is 0 Å². The van der Waals surface area contributed by atoms with Gasteiger partial charge in [0.1, 0.15) is 0 Å². The molecule has 0 aliphatic heterocycles. The van der Waals surface area contributed by atoms with Gasteiger partial charge >= 0.3 is 33.2 Å². The average Bonchev–Trinajstić information content (AvgIpc) is 3.13. The molecule has 0 aliphatic carbocycles. The van der Waals surface area contributed by atoms with Crippen molar-refractivity contribution >= 4 is 66.1 Å². The maximum atomic E-state index is 9.43. The molecule has 0 atom stereocenters. The van der Waals surface area contributed by atoms with Gasteiger partial charge in [-0.15, -0.1) is 0 Å². The largest absolute Gasteiger partial charge is 0 e. The molecule has 256 valence electrons. The van der Waals surface area contributed by atoms with Crippen LogP contribution in [0, 0.1) is 0 Å². The molecule has 1 amide bonds. The van der Waals surface area contributed by atoms with E-state index in [0.29, 0.717) is 0 Å². The fourth-order valence-corrected chi connectivity index (χ4v) is 9.60. The van der Waals surface area contributed by atoms with Gasteiger partial charge in [0.25, 0.3) is 0 Å². The Hall–Kier alpha value is -2.91. The number of benzene rings is 4. The van der Waals surface area contributed by atoms with E-state index >= 15 is 0 Å². The monoisotopic (exact) mass is 788 g/mol. The van der Waals surface area contributed by atoms with Gasteiger partial charge in [-0.3, -0.25) is 16.5 Å². The van der Waals surface area contributed by atoms with Crippen LogP contribution in [0.4, 0.5) is 0 Å². The minimum atomic E-state index is -0.769. The molecule has 0 spiro atoms. The van der Waals surface area contributed by atoms with Crippen molar-refractivity contribution in [1.82, 2.24) is 15.1 Å². The van der Waals surface area contributed by atoms with Gasteiger partial charge in [-0.1, -0.05) is 72.8 Å². The van der Waals surface area contributed by atoms with E-state index in [2.05, 4.69) is 155 Å². The Bertz CT molecular complexity index is 1130. The first-order valence-electron chi connectivity index (χ1n) is 14.6. The van der Waals surface area contributed by atoms with Gasteiger partial charge in [-0.05, 0) is 69.7 Å². The van der Waals surface area contributed by atoms with Crippen molar-refractivity contribution in [3.8, 4) is 0 Å². The van der Waals surface area contributed by atoms with Gasteiger partial charge in [-0.25, -0.2) is 0 Å². The first kappa shape index (κ1) is 46.2. The topological polar surface area (TPSA) is 86.8 Å². The van der Waals surface area contributed by atoms with E-state index < -0.39 is 15.8 Å². The van der Waals surface area contributed by atoms with Crippen LogP contribution in [0.1, 0.15) is 1.43 Å². The Morgan fingerprint density at radius 2 is 0.851 bits per heavy atom. The quantitative estimate of drug-likeness (QED) is 0.107. The van der Waals surface area contributed by atoms with E-state index in [4.69, 9.17) is 14.4 Å². The SMILES string of the molecule is CN(C)C=O.CN(CC[PH+](c1ccccc1)c1ccccc1)CC[PH+](c1ccccc1)c1ccccc1.CNC.O=C=O.[CH-]=O.[Cl][RuH+2].[HH]. The Morgan fingerprint density at radius 1 is 0.660 bits per heavy atom. The molecule has 11 heteroatoms. The van der Waals surface area contributed by atoms with Gasteiger partial charge in [-0.2, -0.15) is 9.59 Å². The zero-order valence-electron chi connectivity index (χ0n) is 27.8. The van der Waals surface area contributed by atoms with Crippen LogP contribution in [0.15, 0.2) is 121 Å². The predicted molar refractivity (Wildman–Crippen MR) is 204 cm³/mol. The van der Waals surface area contributed by atoms with Crippen molar-refractivity contribution in [2.45, 2.75) is 0 Å². The predicted octanol–water partition coefficient (Wildman–Crippen LogP) is 4.00. The number of carbonyl (C=O) groups is 1. The number of rotatable bonds is 11. The first-order chi connectivity index (χ1) is 22.9. The molecule has 0 radical (unpaired) electrons. The second kappa shape index (κ2) is 33.0. The molecule has 0 saturated heterocycles. The molecule has 0 fully saturated rings. The third-order valence-corrected chi connectivity index (χ3v) is 11.8. The van der Waals surface area contributed by atoms with E-state index in [1.54, 1.807) is 31.4 Å². The van der Waals surface area contributed by atoms with Crippen LogP contribution in [0.5, 0.6) is 0 Å². The summed E-state index contributed by atoms with van der Waals surface area (Å²) < 4.78 is 0. The first-order valence-corrected chi connectivity index (χ1v) is 20.4. The van der Waals surface area contributed by atoms with E-state index in [1.807, 2.05) is 14.1 Å². The van der Waals surface area contributed by atoms with Crippen molar-refractivity contribution in [2.24, 2.45) is 0 Å². The smallest absolute Gasteiger partial charge is 0 e. The summed E-state index contributed by atoms with van der Waals surface area (Å²) in [7, 11) is 12.5. The van der Waals surface area contributed by atoms with Crippen LogP contribution in [0.3, 0.4) is 0 Å². The van der Waals surface area contributed by atoms with Gasteiger partial charge in [0.2, 0.25) is 6.41 Å². The zero-order valence-corrected chi connectivity index (χ0v) is 32.4. The minimum Gasteiger partial charge on any atom is 0 e. The van der Waals surface area contributed by atoms with Crippen LogP contribution in [-0.4, -0.2) is 89.8 Å². The Balaban J connectivity index is -0.00000109. The van der Waals surface area contributed by atoms with E-state index in [-0.39, 0.29) is 7.58 Å². The van der Waals surface area contributed by atoms with Crippen molar-refractivity contribution in [2.75, 3.05) is 60.7 Å². The molecule has 7 nitrogen and oxygen atoms in total. The van der Waals surface area contributed by atoms with Crippen molar-refractivity contribution < 1.29 is 37.9 Å². The molecule has 0 heterocycles. The molecule has 4 rings (SSSR count). The summed E-state index contributed by atoms with van der Waals surface area (Å²) in [5.74, 6) is 0. The van der Waals surface area contributed by atoms with Crippen LogP contribution >= 0.6 is 25.5 Å². The van der Waals surface area contributed by atoms with Crippen molar-refractivity contribution in [3.05, 3.63) is 121 Å². The molecule has 4 aromatic carbocycles. The summed E-state index contributed by atoms with van der Waals surface area (Å²) in [5.41, 5.74) is 0. The minimum absolute atomic E-state index is 0. The maximum Gasteiger partial charge on any atom is 0 e. The molecular formula is C36H51ClN3O4P2Ru+3. The van der Waals surface area contributed by atoms with Gasteiger partial charge in [0.05, 0.1) is 49.4 Å². The van der Waals surface area contributed by atoms with Gasteiger partial charge in [0, 0.05) is 28.6 Å². The summed E-state index contributed by atoms with van der Waals surface area (Å²) >= 11 is 1.62. The summed E-state index contributed by atoms with van der Waals surface area (Å²) in [6.45, 7) is 5.52. The molecule has 0 saturated carbocycles. The third kappa shape index (κ3) is 22.3. The third-order valence-electron chi connectivity index (χ3n) is 6.19. The van der Waals surface area contributed by atoms with Gasteiger partial charge < -0.3 is 15.0 Å². The number of nitrogens with one attached hydrogen (secondary N) is 1. The average molecular weight is 788 g/mol. The molecule has 0 aromatic heterocycles. The number of hydrogen-bond donors (Lipinski definition) is 1. The standard InChI is InChI=1S/C29H31NP2.C3H7NO.C2H7N.CO2.CHO.ClH.Ru.H2.H/c1-30(22-24-31(26-14-6-2-7-15-26)27-16-8-3-9-17-27)23-25-32(28-18-10-4-11-19-28)29-20-12-5-13-21-29;1-4(2)3-5;1-3-2;2-1-3;1-2;;;;/h2-21H,22-25H2,1H3;3H,1-2H3;3H,1-2H3;;1H;1H;;1H;/q;;;;-1;;+3;;/p+1. The Labute approximate surface area is 299 Å². The van der Waals surface area contributed by atoms with Crippen LogP contribution < -0.4 is 26.5 Å². The fraction of sp³-hybridized carbons (Fsp3) is 0.250. The molecular weight excluding hydrogens is 737 g/mol. The molecule has 4 aromatic rings. The van der Waals surface area contributed by atoms with Crippen LogP contribution in [0.2, 0.25) is 0 Å². The number of nitrogens with zero attached hydrogens (tertiary/aromatic N) is 2. The van der Waals surface area contributed by atoms with E-state index in [9.17, 15) is 4.79 Å². The summed E-state index contributed by atoms with van der Waals surface area (Å²) in [6.07, 6.45) is 3.46. The number of carbonyl (C=O) groups excluding carboxylic acids is 4. The maximum absolute atomic E-state index is 9.43. The second-order valence-electron chi connectivity index (χ2n) is 9.88. The number of amides is 1. The van der Waals surface area contributed by atoms with E-state index in [0.717, 1.165) is 19.5 Å². The normalized spacial score (nSPS) is 9.23. The van der Waals surface area contributed by atoms with Gasteiger partial charge in [0.15, 0.2) is 0 Å². The number of hydrogen-bond acceptors (Lipinski definition) is 6. The fourth-order valence-electron chi connectivity index (χ4n) is 4.19. The van der Waals surface area contributed by atoms with Crippen molar-refractivity contribution in [1.29, 1.82) is 0 Å². The molecule has 1 N–H and O–H groups in total. The molecule has 0 aliphatic rings. The summed E-state index contributed by atoms with van der Waals surface area (Å²) in [6, 6.07) is 44.4. The molecule has 0 unspecified atom stereocenters. The number of halogens is 1. The Morgan fingerprint density at radius 3 is 1.02 bits per heavy atom. The Kier molecular flexibility index (Phi) is 32.5. The molecule has 47 heavy (non-hydrogen) atoms. The van der Waals surface area contributed by atoms with Crippen LogP contribution in [0.25, 0.3) is 0 Å². The van der Waals surface area contributed by atoms with E-state index in [1.165, 1.54) is 38.4 Å². The zero-order chi connectivity index (χ0) is 35.7. The van der Waals surface area contributed by atoms with Crippen LogP contribution in [-0.2, 0) is 36.5 Å². The molecule has 0 bridgehead atoms. The summed E-state index contributed by atoms with van der Waals surface area (Å²) in [5, 5.41) is 8.79. The second-order valence-corrected chi connectivity index (χ2v) is 15.1. The summed E-state index contributed by atoms with van der Waals surface area (Å²) in [4.78, 5) is 37.4.